The van der Waals surface area contributed by atoms with Crippen molar-refractivity contribution in [3.8, 4) is 0 Å². The quantitative estimate of drug-likeness (QED) is 0.280. The molecule has 0 rings (SSSR count). The molecule has 0 spiro atoms. The van der Waals surface area contributed by atoms with E-state index >= 15 is 0 Å². The Balaban J connectivity index is 3.40. The molecule has 0 aliphatic rings. The number of rotatable bonds is 8. The number of hydrogen-bond donors (Lipinski definition) is 1. The van der Waals surface area contributed by atoms with Crippen LogP contribution in [0.2, 0.25) is 0 Å². The second-order valence-electron chi connectivity index (χ2n) is 3.29. The van der Waals surface area contributed by atoms with Gasteiger partial charge in [-0.3, -0.25) is 4.79 Å². The highest BCUT2D eigenvalue weighted by Crippen LogP contribution is 2.01. The molecule has 0 saturated carbocycles. The molecule has 0 aromatic heterocycles. The van der Waals surface area contributed by atoms with Gasteiger partial charge in [0.1, 0.15) is 6.29 Å². The Morgan fingerprint density at radius 1 is 1.29 bits per heavy atom. The molecular weight excluding hydrogens is 176 g/mol. The Labute approximate surface area is 86.3 Å². The van der Waals surface area contributed by atoms with Crippen molar-refractivity contribution >= 4 is 6.29 Å². The van der Waals surface area contributed by atoms with E-state index in [-0.39, 0.29) is 0 Å². The molecular formula is C12H20O2. The van der Waals surface area contributed by atoms with E-state index in [0.717, 1.165) is 6.42 Å². The molecule has 0 saturated heterocycles. The number of allylic oxidation sites excluding steroid dienone is 2. The molecule has 0 fully saturated rings. The Morgan fingerprint density at radius 3 is 2.71 bits per heavy atom. The molecule has 1 unspecified atom stereocenters. The topological polar surface area (TPSA) is 37.3 Å². The van der Waals surface area contributed by atoms with E-state index in [2.05, 4.69) is 13.0 Å². The average Bonchev–Trinajstić information content (AvgIpc) is 2.20. The van der Waals surface area contributed by atoms with E-state index in [1.807, 2.05) is 6.08 Å². The summed E-state index contributed by atoms with van der Waals surface area (Å²) in [5, 5.41) is 9.29. The summed E-state index contributed by atoms with van der Waals surface area (Å²) >= 11 is 0. The maximum atomic E-state index is 9.94. The van der Waals surface area contributed by atoms with Crippen LogP contribution in [0.3, 0.4) is 0 Å². The number of hydrogen-bond acceptors (Lipinski definition) is 2. The fourth-order valence-electron chi connectivity index (χ4n) is 1.12. The second kappa shape index (κ2) is 10.2. The molecule has 2 heteroatoms. The number of aliphatic hydroxyl groups is 1. The number of carbonyl (C=O) groups is 1. The smallest absolute Gasteiger partial charge is 0.142 e. The van der Waals surface area contributed by atoms with E-state index in [9.17, 15) is 9.90 Å². The summed E-state index contributed by atoms with van der Waals surface area (Å²) in [6, 6.07) is 0. The second-order valence-corrected chi connectivity index (χ2v) is 3.29. The molecule has 14 heavy (non-hydrogen) atoms. The molecule has 0 radical (unpaired) electrons. The van der Waals surface area contributed by atoms with Gasteiger partial charge in [0.2, 0.25) is 0 Å². The van der Waals surface area contributed by atoms with Gasteiger partial charge in [-0.05, 0) is 25.3 Å². The number of aldehydes is 1. The zero-order valence-corrected chi connectivity index (χ0v) is 8.86. The van der Waals surface area contributed by atoms with E-state index in [0.29, 0.717) is 12.7 Å². The van der Waals surface area contributed by atoms with Crippen LogP contribution >= 0.6 is 0 Å². The maximum Gasteiger partial charge on any atom is 0.142 e. The van der Waals surface area contributed by atoms with Crippen LogP contribution in [0.25, 0.3) is 0 Å². The zero-order valence-electron chi connectivity index (χ0n) is 8.86. The van der Waals surface area contributed by atoms with Crippen LogP contribution in [0.4, 0.5) is 0 Å². The van der Waals surface area contributed by atoms with Crippen LogP contribution in [0.15, 0.2) is 24.3 Å². The third-order valence-corrected chi connectivity index (χ3v) is 1.93. The van der Waals surface area contributed by atoms with Crippen LogP contribution < -0.4 is 0 Å². The van der Waals surface area contributed by atoms with Gasteiger partial charge in [-0.25, -0.2) is 0 Å². The highest BCUT2D eigenvalue weighted by Gasteiger charge is 1.93. The van der Waals surface area contributed by atoms with Crippen molar-refractivity contribution in [3.05, 3.63) is 24.3 Å². The molecule has 0 aliphatic heterocycles. The lowest BCUT2D eigenvalue weighted by molar-refractivity contribution is -0.104. The predicted octanol–water partition coefficient (Wildman–Crippen LogP) is 2.63. The number of carbonyl (C=O) groups excluding carboxylic acids is 1. The van der Waals surface area contributed by atoms with Gasteiger partial charge in [-0.1, -0.05) is 38.0 Å². The fraction of sp³-hybridized carbons (Fsp3) is 0.583. The Bertz CT molecular complexity index is 183. The minimum absolute atomic E-state index is 0.525. The third kappa shape index (κ3) is 9.20. The van der Waals surface area contributed by atoms with Gasteiger partial charge in [-0.2, -0.15) is 0 Å². The summed E-state index contributed by atoms with van der Waals surface area (Å²) < 4.78 is 0. The van der Waals surface area contributed by atoms with Crippen molar-refractivity contribution in [2.75, 3.05) is 0 Å². The minimum atomic E-state index is -0.525. The summed E-state index contributed by atoms with van der Waals surface area (Å²) in [5.74, 6) is 0. The van der Waals surface area contributed by atoms with Gasteiger partial charge >= 0.3 is 0 Å². The van der Waals surface area contributed by atoms with Gasteiger partial charge in [0.05, 0.1) is 6.10 Å². The summed E-state index contributed by atoms with van der Waals surface area (Å²) in [7, 11) is 0. The van der Waals surface area contributed by atoms with Crippen LogP contribution in [-0.2, 0) is 4.79 Å². The molecule has 0 heterocycles. The normalized spacial score (nSPS) is 13.9. The Morgan fingerprint density at radius 2 is 2.07 bits per heavy atom. The van der Waals surface area contributed by atoms with E-state index in [4.69, 9.17) is 0 Å². The molecule has 0 aromatic carbocycles. The third-order valence-electron chi connectivity index (χ3n) is 1.93. The molecule has 0 amide bonds. The van der Waals surface area contributed by atoms with Gasteiger partial charge in [0, 0.05) is 0 Å². The van der Waals surface area contributed by atoms with E-state index in [1.165, 1.54) is 31.4 Å². The van der Waals surface area contributed by atoms with Crippen molar-refractivity contribution in [3.63, 3.8) is 0 Å². The minimum Gasteiger partial charge on any atom is -0.389 e. The first-order valence-electron chi connectivity index (χ1n) is 5.26. The Hall–Kier alpha value is -0.890. The largest absolute Gasteiger partial charge is 0.389 e. The number of unbranched alkanes of at least 4 members (excludes halogenated alkanes) is 3. The molecule has 0 bridgehead atoms. The first-order chi connectivity index (χ1) is 6.81. The maximum absolute atomic E-state index is 9.94. The Kier molecular flexibility index (Phi) is 9.54. The van der Waals surface area contributed by atoms with Gasteiger partial charge in [0.15, 0.2) is 0 Å². The predicted molar refractivity (Wildman–Crippen MR) is 59.1 cm³/mol. The van der Waals surface area contributed by atoms with Crippen molar-refractivity contribution < 1.29 is 9.90 Å². The lowest BCUT2D eigenvalue weighted by Crippen LogP contribution is -1.99. The van der Waals surface area contributed by atoms with E-state index in [1.54, 1.807) is 0 Å². The van der Waals surface area contributed by atoms with Crippen molar-refractivity contribution in [2.45, 2.75) is 45.1 Å². The SMILES string of the molecule is CCCCCC=CCC(O)/C=C/C=O. The summed E-state index contributed by atoms with van der Waals surface area (Å²) in [6.45, 7) is 2.18. The van der Waals surface area contributed by atoms with Crippen LogP contribution in [-0.4, -0.2) is 17.5 Å². The lowest BCUT2D eigenvalue weighted by Gasteiger charge is -1.98. The molecule has 80 valence electrons. The van der Waals surface area contributed by atoms with Crippen molar-refractivity contribution in [2.24, 2.45) is 0 Å². The van der Waals surface area contributed by atoms with E-state index < -0.39 is 6.10 Å². The van der Waals surface area contributed by atoms with Crippen molar-refractivity contribution in [1.29, 1.82) is 0 Å². The fourth-order valence-corrected chi connectivity index (χ4v) is 1.12. The van der Waals surface area contributed by atoms with Crippen LogP contribution in [0, 0.1) is 0 Å². The van der Waals surface area contributed by atoms with Crippen LogP contribution in [0.1, 0.15) is 39.0 Å². The molecule has 1 N–H and O–H groups in total. The van der Waals surface area contributed by atoms with Gasteiger partial charge in [-0.15, -0.1) is 0 Å². The van der Waals surface area contributed by atoms with Gasteiger partial charge < -0.3 is 5.11 Å². The van der Waals surface area contributed by atoms with Crippen molar-refractivity contribution in [1.82, 2.24) is 0 Å². The highest BCUT2D eigenvalue weighted by atomic mass is 16.3. The first-order valence-corrected chi connectivity index (χ1v) is 5.26. The van der Waals surface area contributed by atoms with Crippen LogP contribution in [0.5, 0.6) is 0 Å². The zero-order chi connectivity index (χ0) is 10.6. The molecule has 2 nitrogen and oxygen atoms in total. The summed E-state index contributed by atoms with van der Waals surface area (Å²) in [5.41, 5.74) is 0. The molecule has 0 aromatic rings. The summed E-state index contributed by atoms with van der Waals surface area (Å²) in [4.78, 5) is 9.94. The lowest BCUT2D eigenvalue weighted by atomic mass is 10.1. The molecule has 0 aliphatic carbocycles. The first kappa shape index (κ1) is 13.1. The number of aliphatic hydroxyl groups excluding tert-OH is 1. The molecule has 1 atom stereocenters. The summed E-state index contributed by atoms with van der Waals surface area (Å²) in [6.07, 6.45) is 12.4. The monoisotopic (exact) mass is 196 g/mol. The average molecular weight is 196 g/mol. The standard InChI is InChI=1S/C12H20O2/c1-2-3-4-5-6-7-9-12(14)10-8-11-13/h6-8,10-12,14H,2-5,9H2,1H3/b7-6?,10-8+. The van der Waals surface area contributed by atoms with Gasteiger partial charge in [0.25, 0.3) is 0 Å². The highest BCUT2D eigenvalue weighted by molar-refractivity contribution is 5.64.